The number of likely N-dealkylation sites (N-methyl/N-ethyl adjacent to an activating group) is 1. The standard InChI is InChI=1S/C18H27N3O4/c1-19-9-10-21(17(23)15-4-3-12-25-15)14-18(19)6-5-16(22)20(8-7-18)11-13-24-2/h3-4,12H,5-11,13-14H2,1-2H3/t18-/m0/s1. The van der Waals surface area contributed by atoms with E-state index >= 15 is 0 Å². The number of methoxy groups -OCH3 is 1. The Labute approximate surface area is 148 Å². The quantitative estimate of drug-likeness (QED) is 0.813. The Hall–Kier alpha value is -1.86. The molecule has 1 spiro atoms. The maximum Gasteiger partial charge on any atom is 0.289 e. The van der Waals surface area contributed by atoms with Gasteiger partial charge in [-0.2, -0.15) is 0 Å². The van der Waals surface area contributed by atoms with Gasteiger partial charge in [-0.3, -0.25) is 14.5 Å². The summed E-state index contributed by atoms with van der Waals surface area (Å²) in [6.07, 6.45) is 3.67. The third kappa shape index (κ3) is 3.72. The average Bonchev–Trinajstić information content (AvgIpc) is 3.10. The first-order valence-corrected chi connectivity index (χ1v) is 8.86. The fourth-order valence-electron chi connectivity index (χ4n) is 3.86. The molecule has 2 fully saturated rings. The first-order valence-electron chi connectivity index (χ1n) is 8.86. The topological polar surface area (TPSA) is 66.2 Å². The van der Waals surface area contributed by atoms with Crippen LogP contribution in [0.3, 0.4) is 0 Å². The van der Waals surface area contributed by atoms with Crippen molar-refractivity contribution < 1.29 is 18.7 Å². The first kappa shape index (κ1) is 17.9. The van der Waals surface area contributed by atoms with Crippen LogP contribution in [-0.4, -0.2) is 85.5 Å². The molecule has 0 aliphatic carbocycles. The van der Waals surface area contributed by atoms with Crippen LogP contribution in [0.25, 0.3) is 0 Å². The van der Waals surface area contributed by atoms with E-state index in [-0.39, 0.29) is 17.4 Å². The molecular weight excluding hydrogens is 322 g/mol. The van der Waals surface area contributed by atoms with Crippen molar-refractivity contribution in [3.05, 3.63) is 24.2 Å². The van der Waals surface area contributed by atoms with E-state index < -0.39 is 0 Å². The van der Waals surface area contributed by atoms with Crippen LogP contribution in [0, 0.1) is 0 Å². The van der Waals surface area contributed by atoms with Crippen molar-refractivity contribution in [2.75, 3.05) is 53.5 Å². The van der Waals surface area contributed by atoms with Crippen LogP contribution in [0.4, 0.5) is 0 Å². The largest absolute Gasteiger partial charge is 0.459 e. The van der Waals surface area contributed by atoms with Gasteiger partial charge in [-0.25, -0.2) is 0 Å². The van der Waals surface area contributed by atoms with Gasteiger partial charge in [0, 0.05) is 51.8 Å². The summed E-state index contributed by atoms with van der Waals surface area (Å²) >= 11 is 0. The Morgan fingerprint density at radius 1 is 1.32 bits per heavy atom. The molecule has 0 saturated carbocycles. The van der Waals surface area contributed by atoms with Crippen LogP contribution in [0.15, 0.2) is 22.8 Å². The summed E-state index contributed by atoms with van der Waals surface area (Å²) in [5.41, 5.74) is -0.155. The molecule has 25 heavy (non-hydrogen) atoms. The maximum atomic E-state index is 12.7. The molecule has 1 atom stereocenters. The van der Waals surface area contributed by atoms with Gasteiger partial charge in [-0.05, 0) is 32.0 Å². The van der Waals surface area contributed by atoms with Crippen molar-refractivity contribution in [2.45, 2.75) is 24.8 Å². The number of likely N-dealkylation sites (tertiary alicyclic amines) is 1. The number of hydrogen-bond donors (Lipinski definition) is 0. The summed E-state index contributed by atoms with van der Waals surface area (Å²) in [5.74, 6) is 0.493. The highest BCUT2D eigenvalue weighted by Gasteiger charge is 2.43. The Kier molecular flexibility index (Phi) is 5.44. The van der Waals surface area contributed by atoms with Gasteiger partial charge in [0.1, 0.15) is 0 Å². The van der Waals surface area contributed by atoms with Crippen molar-refractivity contribution in [3.63, 3.8) is 0 Å². The molecule has 0 aromatic carbocycles. The lowest BCUT2D eigenvalue weighted by Gasteiger charge is -2.49. The van der Waals surface area contributed by atoms with Crippen molar-refractivity contribution in [2.24, 2.45) is 0 Å². The Balaban J connectivity index is 1.72. The number of ether oxygens (including phenoxy) is 1. The predicted octanol–water partition coefficient (Wildman–Crippen LogP) is 1.06. The van der Waals surface area contributed by atoms with Crippen LogP contribution < -0.4 is 0 Å². The third-order valence-corrected chi connectivity index (χ3v) is 5.59. The number of nitrogens with zero attached hydrogens (tertiary/aromatic N) is 3. The Morgan fingerprint density at radius 2 is 2.16 bits per heavy atom. The lowest BCUT2D eigenvalue weighted by Crippen LogP contribution is -2.62. The molecule has 138 valence electrons. The average molecular weight is 349 g/mol. The number of hydrogen-bond acceptors (Lipinski definition) is 5. The van der Waals surface area contributed by atoms with E-state index in [1.54, 1.807) is 19.2 Å². The summed E-state index contributed by atoms with van der Waals surface area (Å²) in [6.45, 7) is 4.00. The van der Waals surface area contributed by atoms with Crippen LogP contribution in [-0.2, 0) is 9.53 Å². The second-order valence-electron chi connectivity index (χ2n) is 6.97. The van der Waals surface area contributed by atoms with E-state index in [1.807, 2.05) is 9.80 Å². The van der Waals surface area contributed by atoms with Gasteiger partial charge in [0.15, 0.2) is 5.76 Å². The van der Waals surface area contributed by atoms with Gasteiger partial charge in [-0.1, -0.05) is 0 Å². The summed E-state index contributed by atoms with van der Waals surface area (Å²) in [7, 11) is 3.75. The summed E-state index contributed by atoms with van der Waals surface area (Å²) in [4.78, 5) is 31.2. The number of furan rings is 1. The van der Waals surface area contributed by atoms with Gasteiger partial charge in [0.2, 0.25) is 5.91 Å². The van der Waals surface area contributed by atoms with Crippen molar-refractivity contribution in [1.29, 1.82) is 0 Å². The van der Waals surface area contributed by atoms with E-state index in [0.717, 1.165) is 19.4 Å². The zero-order valence-corrected chi connectivity index (χ0v) is 15.1. The minimum atomic E-state index is -0.155. The summed E-state index contributed by atoms with van der Waals surface area (Å²) in [5, 5.41) is 0. The zero-order valence-electron chi connectivity index (χ0n) is 15.1. The molecule has 7 nitrogen and oxygen atoms in total. The van der Waals surface area contributed by atoms with Crippen molar-refractivity contribution in [1.82, 2.24) is 14.7 Å². The fourth-order valence-corrected chi connectivity index (χ4v) is 3.86. The minimum absolute atomic E-state index is 0.0655. The molecule has 0 N–H and O–H groups in total. The SMILES string of the molecule is COCCN1CC[C@@]2(CCC1=O)CN(C(=O)c1ccco1)CCN2C. The highest BCUT2D eigenvalue weighted by Crippen LogP contribution is 2.32. The van der Waals surface area contributed by atoms with Gasteiger partial charge in [0.05, 0.1) is 12.9 Å². The van der Waals surface area contributed by atoms with E-state index in [4.69, 9.17) is 9.15 Å². The maximum absolute atomic E-state index is 12.7. The van der Waals surface area contributed by atoms with E-state index in [1.165, 1.54) is 6.26 Å². The second kappa shape index (κ2) is 7.58. The van der Waals surface area contributed by atoms with Crippen LogP contribution in [0.5, 0.6) is 0 Å². The number of piperazine rings is 1. The van der Waals surface area contributed by atoms with Gasteiger partial charge >= 0.3 is 0 Å². The minimum Gasteiger partial charge on any atom is -0.459 e. The fraction of sp³-hybridized carbons (Fsp3) is 0.667. The zero-order chi connectivity index (χ0) is 17.9. The lowest BCUT2D eigenvalue weighted by molar-refractivity contribution is -0.131. The second-order valence-corrected chi connectivity index (χ2v) is 6.97. The highest BCUT2D eigenvalue weighted by molar-refractivity contribution is 5.91. The summed E-state index contributed by atoms with van der Waals surface area (Å²) < 4.78 is 10.4. The van der Waals surface area contributed by atoms with Crippen LogP contribution in [0.1, 0.15) is 29.8 Å². The molecule has 2 aliphatic heterocycles. The Morgan fingerprint density at radius 3 is 2.88 bits per heavy atom. The number of rotatable bonds is 4. The molecule has 2 aliphatic rings. The number of carbonyl (C=O) groups is 2. The number of carbonyl (C=O) groups excluding carboxylic acids is 2. The monoisotopic (exact) mass is 349 g/mol. The van der Waals surface area contributed by atoms with Crippen LogP contribution in [0.2, 0.25) is 0 Å². The van der Waals surface area contributed by atoms with E-state index in [0.29, 0.717) is 45.0 Å². The summed E-state index contributed by atoms with van der Waals surface area (Å²) in [6, 6.07) is 3.44. The molecule has 3 rings (SSSR count). The predicted molar refractivity (Wildman–Crippen MR) is 92.3 cm³/mol. The molecular formula is C18H27N3O4. The third-order valence-electron chi connectivity index (χ3n) is 5.59. The molecule has 3 heterocycles. The molecule has 7 heteroatoms. The van der Waals surface area contributed by atoms with Gasteiger partial charge in [0.25, 0.3) is 5.91 Å². The van der Waals surface area contributed by atoms with Gasteiger partial charge in [-0.15, -0.1) is 0 Å². The van der Waals surface area contributed by atoms with Crippen molar-refractivity contribution in [3.8, 4) is 0 Å². The normalized spacial score (nSPS) is 25.4. The molecule has 0 unspecified atom stereocenters. The smallest absolute Gasteiger partial charge is 0.289 e. The lowest BCUT2D eigenvalue weighted by atomic mass is 9.86. The first-order chi connectivity index (χ1) is 12.1. The molecule has 2 saturated heterocycles. The molecule has 1 aromatic heterocycles. The molecule has 2 amide bonds. The van der Waals surface area contributed by atoms with Crippen LogP contribution >= 0.6 is 0 Å². The molecule has 0 radical (unpaired) electrons. The van der Waals surface area contributed by atoms with E-state index in [9.17, 15) is 9.59 Å². The number of amides is 2. The highest BCUT2D eigenvalue weighted by atomic mass is 16.5. The Bertz CT molecular complexity index is 603. The van der Waals surface area contributed by atoms with E-state index in [2.05, 4.69) is 11.9 Å². The van der Waals surface area contributed by atoms with Gasteiger partial charge < -0.3 is 19.0 Å². The molecule has 0 bridgehead atoms. The molecule has 1 aromatic rings. The van der Waals surface area contributed by atoms with Crippen molar-refractivity contribution >= 4 is 11.8 Å².